The van der Waals surface area contributed by atoms with Gasteiger partial charge in [0.05, 0.1) is 0 Å². The minimum atomic E-state index is -4.10. The topological polar surface area (TPSA) is 26.0 Å². The highest BCUT2D eigenvalue weighted by Crippen LogP contribution is 2.27. The van der Waals surface area contributed by atoms with E-state index in [1.54, 1.807) is 12.1 Å². The molecule has 1 heterocycles. The molecule has 0 aliphatic rings. The quantitative estimate of drug-likeness (QED) is 0.813. The van der Waals surface area contributed by atoms with E-state index < -0.39 is 18.6 Å². The third kappa shape index (κ3) is 3.78. The maximum atomic E-state index is 11.8. The number of hydrogen-bond donors (Lipinski definition) is 1. The molecule has 1 rings (SSSR count). The van der Waals surface area contributed by atoms with E-state index in [-0.39, 0.29) is 6.42 Å². The number of nitrogens with two attached hydrogens (primary N) is 1. The molecule has 74 valence electrons. The molecule has 0 fully saturated rings. The van der Waals surface area contributed by atoms with Crippen LogP contribution in [0.25, 0.3) is 0 Å². The van der Waals surface area contributed by atoms with E-state index in [0.717, 1.165) is 4.88 Å². The lowest BCUT2D eigenvalue weighted by Gasteiger charge is -2.10. The Morgan fingerprint density at radius 3 is 2.62 bits per heavy atom. The van der Waals surface area contributed by atoms with Crippen molar-refractivity contribution in [1.82, 2.24) is 0 Å². The molecule has 0 spiro atoms. The molecule has 0 aromatic carbocycles. The predicted molar refractivity (Wildman–Crippen MR) is 46.5 cm³/mol. The van der Waals surface area contributed by atoms with E-state index in [2.05, 4.69) is 0 Å². The lowest BCUT2D eigenvalue weighted by atomic mass is 10.1. The maximum Gasteiger partial charge on any atom is 0.389 e. The van der Waals surface area contributed by atoms with Crippen LogP contribution in [0, 0.1) is 0 Å². The zero-order valence-corrected chi connectivity index (χ0v) is 7.66. The van der Waals surface area contributed by atoms with Crippen LogP contribution in [0.2, 0.25) is 0 Å². The maximum absolute atomic E-state index is 11.8. The Morgan fingerprint density at radius 1 is 1.46 bits per heavy atom. The predicted octanol–water partition coefficient (Wildman–Crippen LogP) is 3.09. The van der Waals surface area contributed by atoms with Crippen molar-refractivity contribution in [2.45, 2.75) is 25.1 Å². The van der Waals surface area contributed by atoms with Gasteiger partial charge in [-0.2, -0.15) is 13.2 Å². The summed E-state index contributed by atoms with van der Waals surface area (Å²) in [4.78, 5) is 0.809. The van der Waals surface area contributed by atoms with Crippen LogP contribution in [-0.4, -0.2) is 6.18 Å². The van der Waals surface area contributed by atoms with E-state index in [1.165, 1.54) is 11.3 Å². The van der Waals surface area contributed by atoms with E-state index in [0.29, 0.717) is 0 Å². The minimum Gasteiger partial charge on any atom is -0.323 e. The number of halogens is 3. The van der Waals surface area contributed by atoms with Crippen LogP contribution in [0.15, 0.2) is 17.5 Å². The van der Waals surface area contributed by atoms with Crippen molar-refractivity contribution in [3.63, 3.8) is 0 Å². The molecule has 0 radical (unpaired) electrons. The summed E-state index contributed by atoms with van der Waals surface area (Å²) in [5.41, 5.74) is 5.56. The van der Waals surface area contributed by atoms with Gasteiger partial charge in [0.1, 0.15) is 0 Å². The smallest absolute Gasteiger partial charge is 0.323 e. The monoisotopic (exact) mass is 209 g/mol. The van der Waals surface area contributed by atoms with Gasteiger partial charge in [0.15, 0.2) is 0 Å². The lowest BCUT2D eigenvalue weighted by molar-refractivity contribution is -0.136. The molecule has 1 atom stereocenters. The van der Waals surface area contributed by atoms with Crippen LogP contribution < -0.4 is 5.73 Å². The molecule has 0 bridgehead atoms. The van der Waals surface area contributed by atoms with E-state index in [9.17, 15) is 13.2 Å². The number of thiophene rings is 1. The molecule has 0 aliphatic heterocycles. The number of hydrogen-bond acceptors (Lipinski definition) is 2. The molecule has 1 aromatic rings. The van der Waals surface area contributed by atoms with Crippen molar-refractivity contribution in [1.29, 1.82) is 0 Å². The van der Waals surface area contributed by atoms with Gasteiger partial charge < -0.3 is 5.73 Å². The standard InChI is InChI=1S/C8H10F3NS/c9-8(10,11)4-3-6(12)7-2-1-5-13-7/h1-2,5-6H,3-4,12H2/t6-/m0/s1. The Balaban J connectivity index is 2.39. The molecule has 0 saturated carbocycles. The van der Waals surface area contributed by atoms with Gasteiger partial charge >= 0.3 is 6.18 Å². The van der Waals surface area contributed by atoms with Gasteiger partial charge in [0.25, 0.3) is 0 Å². The Morgan fingerprint density at radius 2 is 2.15 bits per heavy atom. The second-order valence-corrected chi connectivity index (χ2v) is 3.76. The first-order valence-electron chi connectivity index (χ1n) is 3.85. The fraction of sp³-hybridized carbons (Fsp3) is 0.500. The van der Waals surface area contributed by atoms with Gasteiger partial charge in [-0.05, 0) is 17.9 Å². The number of rotatable bonds is 3. The third-order valence-corrected chi connectivity index (χ3v) is 2.65. The molecule has 0 unspecified atom stereocenters. The van der Waals surface area contributed by atoms with Gasteiger partial charge in [0, 0.05) is 17.3 Å². The zero-order chi connectivity index (χ0) is 9.90. The molecule has 1 nitrogen and oxygen atoms in total. The molecule has 13 heavy (non-hydrogen) atoms. The molecular formula is C8H10F3NS. The average molecular weight is 209 g/mol. The highest BCUT2D eigenvalue weighted by atomic mass is 32.1. The van der Waals surface area contributed by atoms with Gasteiger partial charge in [-0.25, -0.2) is 0 Å². The van der Waals surface area contributed by atoms with Crippen molar-refractivity contribution in [3.8, 4) is 0 Å². The molecule has 0 aliphatic carbocycles. The van der Waals surface area contributed by atoms with Crippen molar-refractivity contribution >= 4 is 11.3 Å². The fourth-order valence-corrected chi connectivity index (χ4v) is 1.73. The largest absolute Gasteiger partial charge is 0.389 e. The Kier molecular flexibility index (Phi) is 3.33. The summed E-state index contributed by atoms with van der Waals surface area (Å²) < 4.78 is 35.4. The van der Waals surface area contributed by atoms with E-state index in [4.69, 9.17) is 5.73 Å². The van der Waals surface area contributed by atoms with Crippen LogP contribution in [0.5, 0.6) is 0 Å². The summed E-state index contributed by atoms with van der Waals surface area (Å²) in [6, 6.07) is 3.06. The first-order chi connectivity index (χ1) is 5.99. The van der Waals surface area contributed by atoms with Crippen molar-refractivity contribution in [2.24, 2.45) is 5.73 Å². The summed E-state index contributed by atoms with van der Waals surface area (Å²) in [6.07, 6.45) is -4.95. The van der Waals surface area contributed by atoms with Crippen molar-refractivity contribution < 1.29 is 13.2 Å². The summed E-state index contributed by atoms with van der Waals surface area (Å²) >= 11 is 1.39. The van der Waals surface area contributed by atoms with E-state index >= 15 is 0 Å². The van der Waals surface area contributed by atoms with Crippen molar-refractivity contribution in [3.05, 3.63) is 22.4 Å². The molecular weight excluding hydrogens is 199 g/mol. The normalized spacial score (nSPS) is 14.5. The molecule has 0 saturated heterocycles. The highest BCUT2D eigenvalue weighted by molar-refractivity contribution is 7.10. The fourth-order valence-electron chi connectivity index (χ4n) is 0.964. The Hall–Kier alpha value is -0.550. The van der Waals surface area contributed by atoms with Gasteiger partial charge in [-0.1, -0.05) is 6.07 Å². The van der Waals surface area contributed by atoms with Crippen LogP contribution in [0.3, 0.4) is 0 Å². The van der Waals surface area contributed by atoms with Gasteiger partial charge in [0.2, 0.25) is 0 Å². The molecule has 1 aromatic heterocycles. The van der Waals surface area contributed by atoms with Crippen LogP contribution in [-0.2, 0) is 0 Å². The van der Waals surface area contributed by atoms with Gasteiger partial charge in [-0.3, -0.25) is 0 Å². The second-order valence-electron chi connectivity index (χ2n) is 2.78. The van der Waals surface area contributed by atoms with Crippen LogP contribution in [0.4, 0.5) is 13.2 Å². The van der Waals surface area contributed by atoms with Gasteiger partial charge in [-0.15, -0.1) is 11.3 Å². The van der Waals surface area contributed by atoms with E-state index in [1.807, 2.05) is 5.38 Å². The Bertz CT molecular complexity index is 242. The first kappa shape index (κ1) is 10.5. The summed E-state index contributed by atoms with van der Waals surface area (Å²) in [5.74, 6) is 0. The molecule has 0 amide bonds. The SMILES string of the molecule is N[C@@H](CCC(F)(F)F)c1cccs1. The minimum absolute atomic E-state index is 0.0377. The molecule has 2 N–H and O–H groups in total. The third-order valence-electron chi connectivity index (χ3n) is 1.65. The Labute approximate surface area is 78.4 Å². The van der Waals surface area contributed by atoms with Crippen molar-refractivity contribution in [2.75, 3.05) is 0 Å². The summed E-state index contributed by atoms with van der Waals surface area (Å²) in [6.45, 7) is 0. The van der Waals surface area contributed by atoms with Crippen LogP contribution >= 0.6 is 11.3 Å². The summed E-state index contributed by atoms with van der Waals surface area (Å²) in [5, 5.41) is 1.81. The lowest BCUT2D eigenvalue weighted by Crippen LogP contribution is -2.14. The highest BCUT2D eigenvalue weighted by Gasteiger charge is 2.27. The summed E-state index contributed by atoms with van der Waals surface area (Å²) in [7, 11) is 0. The number of alkyl halides is 3. The second kappa shape index (κ2) is 4.11. The molecule has 5 heteroatoms. The average Bonchev–Trinajstić information content (AvgIpc) is 2.50. The first-order valence-corrected chi connectivity index (χ1v) is 4.73. The zero-order valence-electron chi connectivity index (χ0n) is 6.84. The van der Waals surface area contributed by atoms with Crippen LogP contribution in [0.1, 0.15) is 23.8 Å².